The Labute approximate surface area is 241 Å². The van der Waals surface area contributed by atoms with Crippen molar-refractivity contribution in [2.45, 2.75) is 51.1 Å². The van der Waals surface area contributed by atoms with Crippen LogP contribution in [0.4, 0.5) is 11.5 Å². The van der Waals surface area contributed by atoms with Gasteiger partial charge in [0.15, 0.2) is 0 Å². The van der Waals surface area contributed by atoms with Crippen LogP contribution in [-0.2, 0) is 4.79 Å². The summed E-state index contributed by atoms with van der Waals surface area (Å²) in [4.78, 5) is 29.0. The van der Waals surface area contributed by atoms with Crippen molar-refractivity contribution in [1.29, 1.82) is 0 Å². The zero-order chi connectivity index (χ0) is 27.5. The maximum absolute atomic E-state index is 12.6. The summed E-state index contributed by atoms with van der Waals surface area (Å²) in [5.41, 5.74) is 2.12. The van der Waals surface area contributed by atoms with Crippen LogP contribution in [-0.4, -0.2) is 71.0 Å². The van der Waals surface area contributed by atoms with Gasteiger partial charge in [-0.05, 0) is 69.4 Å². The normalized spacial score (nSPS) is 19.9. The monoisotopic (exact) mass is 560 g/mol. The molecule has 0 spiro atoms. The van der Waals surface area contributed by atoms with Gasteiger partial charge in [-0.15, -0.1) is 0 Å². The molecule has 3 aromatic rings. The number of aromatic nitrogens is 2. The molecule has 1 N–H and O–H groups in total. The fourth-order valence-corrected chi connectivity index (χ4v) is 6.32. The lowest BCUT2D eigenvalue weighted by atomic mass is 9.95. The first-order valence-electron chi connectivity index (χ1n) is 14.4. The van der Waals surface area contributed by atoms with Crippen LogP contribution < -0.4 is 15.0 Å². The highest BCUT2D eigenvalue weighted by Crippen LogP contribution is 2.37. The predicted octanol–water partition coefficient (Wildman–Crippen LogP) is 5.68. The third-order valence-electron chi connectivity index (χ3n) is 8.24. The standard InChI is InChI=1S/C31H37ClN6O2/c1-22-33-20-28-29(35-24-7-5-9-27(19-24)40-26-8-4-6-23(32)18-26)12-17-38(31(28)34-22)25-10-15-36(16-11-25)21-30(39)37-13-2-3-14-37/h4-9,18-20,25,29,35H,2-3,10-17,21H2,1H3. The second kappa shape index (κ2) is 12.0. The number of nitrogens with one attached hydrogen (secondary N) is 1. The molecule has 210 valence electrons. The number of anilines is 2. The first-order valence-corrected chi connectivity index (χ1v) is 14.8. The predicted molar refractivity (Wildman–Crippen MR) is 158 cm³/mol. The van der Waals surface area contributed by atoms with Crippen LogP contribution in [0.3, 0.4) is 0 Å². The molecule has 6 rings (SSSR count). The van der Waals surface area contributed by atoms with E-state index in [1.165, 1.54) is 0 Å². The van der Waals surface area contributed by atoms with Crippen LogP contribution in [0.15, 0.2) is 54.7 Å². The van der Waals surface area contributed by atoms with Crippen LogP contribution in [0.2, 0.25) is 5.02 Å². The Morgan fingerprint density at radius 3 is 2.52 bits per heavy atom. The minimum Gasteiger partial charge on any atom is -0.457 e. The first kappa shape index (κ1) is 26.8. The molecule has 40 heavy (non-hydrogen) atoms. The van der Waals surface area contributed by atoms with E-state index < -0.39 is 0 Å². The van der Waals surface area contributed by atoms with Crippen molar-refractivity contribution in [3.63, 3.8) is 0 Å². The number of halogens is 1. The fraction of sp³-hybridized carbons (Fsp3) is 0.452. The second-order valence-corrected chi connectivity index (χ2v) is 11.5. The number of nitrogens with zero attached hydrogens (tertiary/aromatic N) is 5. The third-order valence-corrected chi connectivity index (χ3v) is 8.48. The number of carbonyl (C=O) groups excluding carboxylic acids is 1. The van der Waals surface area contributed by atoms with Gasteiger partial charge in [0.05, 0.1) is 12.6 Å². The van der Waals surface area contributed by atoms with Gasteiger partial charge in [0, 0.05) is 67.3 Å². The lowest BCUT2D eigenvalue weighted by Crippen LogP contribution is -2.50. The number of amides is 1. The molecule has 1 aromatic heterocycles. The van der Waals surface area contributed by atoms with Gasteiger partial charge in [0.1, 0.15) is 23.1 Å². The molecule has 2 aromatic carbocycles. The van der Waals surface area contributed by atoms with Crippen molar-refractivity contribution >= 4 is 29.0 Å². The van der Waals surface area contributed by atoms with E-state index in [0.717, 1.165) is 93.5 Å². The summed E-state index contributed by atoms with van der Waals surface area (Å²) in [5, 5.41) is 4.35. The molecule has 0 radical (unpaired) electrons. The zero-order valence-corrected chi connectivity index (χ0v) is 23.8. The van der Waals surface area contributed by atoms with E-state index in [4.69, 9.17) is 21.3 Å². The van der Waals surface area contributed by atoms with Gasteiger partial charge in [-0.3, -0.25) is 9.69 Å². The molecule has 3 aliphatic rings. The van der Waals surface area contributed by atoms with Crippen LogP contribution in [0.25, 0.3) is 0 Å². The number of hydrogen-bond donors (Lipinski definition) is 1. The van der Waals surface area contributed by atoms with Crippen molar-refractivity contribution < 1.29 is 9.53 Å². The van der Waals surface area contributed by atoms with Crippen LogP contribution >= 0.6 is 11.6 Å². The molecule has 9 heteroatoms. The molecule has 0 aliphatic carbocycles. The minimum absolute atomic E-state index is 0.103. The number of benzene rings is 2. The summed E-state index contributed by atoms with van der Waals surface area (Å²) in [5.74, 6) is 3.57. The van der Waals surface area contributed by atoms with Crippen LogP contribution in [0.1, 0.15) is 49.5 Å². The Kier molecular flexibility index (Phi) is 8.07. The van der Waals surface area contributed by atoms with E-state index in [-0.39, 0.29) is 6.04 Å². The highest BCUT2D eigenvalue weighted by Gasteiger charge is 2.34. The van der Waals surface area contributed by atoms with Gasteiger partial charge in [0.25, 0.3) is 0 Å². The maximum atomic E-state index is 12.6. The molecule has 2 saturated heterocycles. The second-order valence-electron chi connectivity index (χ2n) is 11.1. The van der Waals surface area contributed by atoms with Crippen molar-refractivity contribution in [3.05, 3.63) is 71.1 Å². The number of piperidine rings is 1. The minimum atomic E-state index is 0.103. The van der Waals surface area contributed by atoms with Crippen molar-refractivity contribution in [3.8, 4) is 11.5 Å². The number of likely N-dealkylation sites (tertiary alicyclic amines) is 2. The van der Waals surface area contributed by atoms with E-state index in [0.29, 0.717) is 29.3 Å². The van der Waals surface area contributed by atoms with Crippen LogP contribution in [0, 0.1) is 6.92 Å². The van der Waals surface area contributed by atoms with Gasteiger partial charge in [-0.1, -0.05) is 23.7 Å². The Hall–Kier alpha value is -3.36. The molecule has 1 unspecified atom stereocenters. The Bertz CT molecular complexity index is 1340. The summed E-state index contributed by atoms with van der Waals surface area (Å²) in [7, 11) is 0. The molecule has 4 heterocycles. The van der Waals surface area contributed by atoms with Gasteiger partial charge in [-0.2, -0.15) is 0 Å². The summed E-state index contributed by atoms with van der Waals surface area (Å²) in [6.45, 7) is 7.18. The summed E-state index contributed by atoms with van der Waals surface area (Å²) in [6, 6.07) is 16.0. The van der Waals surface area contributed by atoms with Crippen LogP contribution in [0.5, 0.6) is 11.5 Å². The number of rotatable bonds is 7. The molecule has 0 bridgehead atoms. The smallest absolute Gasteiger partial charge is 0.236 e. The average Bonchev–Trinajstić information content (AvgIpc) is 3.50. The Balaban J connectivity index is 1.11. The quantitative estimate of drug-likeness (QED) is 0.398. The van der Waals surface area contributed by atoms with Gasteiger partial charge in [-0.25, -0.2) is 9.97 Å². The summed E-state index contributed by atoms with van der Waals surface area (Å²) < 4.78 is 6.05. The first-order chi connectivity index (χ1) is 19.5. The van der Waals surface area contributed by atoms with E-state index in [1.54, 1.807) is 0 Å². The Morgan fingerprint density at radius 1 is 1.00 bits per heavy atom. The average molecular weight is 561 g/mol. The van der Waals surface area contributed by atoms with Crippen molar-refractivity contribution in [2.24, 2.45) is 0 Å². The van der Waals surface area contributed by atoms with E-state index in [1.807, 2.05) is 60.5 Å². The summed E-state index contributed by atoms with van der Waals surface area (Å²) in [6.07, 6.45) is 7.29. The molecule has 2 fully saturated rings. The SMILES string of the molecule is Cc1ncc2c(n1)N(C1CCN(CC(=O)N3CCCC3)CC1)CCC2Nc1cccc(Oc2cccc(Cl)c2)c1. The number of fused-ring (bicyclic) bond motifs is 1. The van der Waals surface area contributed by atoms with Gasteiger partial charge >= 0.3 is 0 Å². The lowest BCUT2D eigenvalue weighted by molar-refractivity contribution is -0.131. The molecule has 3 aliphatic heterocycles. The highest BCUT2D eigenvalue weighted by molar-refractivity contribution is 6.30. The number of aryl methyl sites for hydroxylation is 1. The van der Waals surface area contributed by atoms with Crippen molar-refractivity contribution in [2.75, 3.05) is 49.5 Å². The molecule has 1 atom stereocenters. The van der Waals surface area contributed by atoms with Gasteiger partial charge in [0.2, 0.25) is 5.91 Å². The number of ether oxygens (including phenoxy) is 1. The number of carbonyl (C=O) groups is 1. The zero-order valence-electron chi connectivity index (χ0n) is 23.1. The molecule has 8 nitrogen and oxygen atoms in total. The van der Waals surface area contributed by atoms with E-state index in [9.17, 15) is 4.79 Å². The topological polar surface area (TPSA) is 73.8 Å². The Morgan fingerprint density at radius 2 is 1.75 bits per heavy atom. The molecule has 0 saturated carbocycles. The van der Waals surface area contributed by atoms with E-state index in [2.05, 4.69) is 26.2 Å². The van der Waals surface area contributed by atoms with E-state index >= 15 is 0 Å². The van der Waals surface area contributed by atoms with Crippen molar-refractivity contribution in [1.82, 2.24) is 19.8 Å². The summed E-state index contributed by atoms with van der Waals surface area (Å²) >= 11 is 6.12. The fourth-order valence-electron chi connectivity index (χ4n) is 6.14. The lowest BCUT2D eigenvalue weighted by Gasteiger charge is -2.43. The molecular weight excluding hydrogens is 524 g/mol. The molecule has 1 amide bonds. The third kappa shape index (κ3) is 6.18. The highest BCUT2D eigenvalue weighted by atomic mass is 35.5. The largest absolute Gasteiger partial charge is 0.457 e. The maximum Gasteiger partial charge on any atom is 0.236 e. The van der Waals surface area contributed by atoms with Gasteiger partial charge < -0.3 is 19.9 Å². The molecular formula is C31H37ClN6O2. The number of hydrogen-bond acceptors (Lipinski definition) is 7.